The van der Waals surface area contributed by atoms with Gasteiger partial charge in [0.1, 0.15) is 12.2 Å². The molecule has 0 spiro atoms. The molecule has 109 heavy (non-hydrogen) atoms. The van der Waals surface area contributed by atoms with E-state index in [1.807, 2.05) is 121 Å². The van der Waals surface area contributed by atoms with Crippen LogP contribution in [0.1, 0.15) is 116 Å². The summed E-state index contributed by atoms with van der Waals surface area (Å²) in [5.41, 5.74) is 20.8. The number of nitrogens with two attached hydrogens (primary N) is 2. The Morgan fingerprint density at radius 3 is 1.16 bits per heavy atom. The van der Waals surface area contributed by atoms with E-state index in [1.165, 1.54) is 15.9 Å². The van der Waals surface area contributed by atoms with Gasteiger partial charge in [0.2, 0.25) is 6.08 Å². The van der Waals surface area contributed by atoms with E-state index in [-0.39, 0.29) is 62.8 Å². The summed E-state index contributed by atoms with van der Waals surface area (Å²) in [5.74, 6) is 0. The second kappa shape index (κ2) is 47.9. The highest BCUT2D eigenvalue weighted by Gasteiger charge is 2.18. The van der Waals surface area contributed by atoms with Crippen molar-refractivity contribution in [2.75, 3.05) is 86.6 Å². The van der Waals surface area contributed by atoms with Crippen molar-refractivity contribution in [1.29, 1.82) is 0 Å². The van der Waals surface area contributed by atoms with Gasteiger partial charge in [-0.2, -0.15) is 4.99 Å². The molecule has 586 valence electrons. The largest absolute Gasteiger partial charge is 0.446 e. The van der Waals surface area contributed by atoms with Crippen LogP contribution >= 0.6 is 33.3 Å². The molecule has 27 nitrogen and oxygen atoms in total. The lowest BCUT2D eigenvalue weighted by atomic mass is 10.2. The number of nitrogens with zero attached hydrogens (tertiary/aromatic N) is 1. The van der Waals surface area contributed by atoms with Gasteiger partial charge in [-0.15, -0.1) is 11.8 Å². The van der Waals surface area contributed by atoms with E-state index in [1.54, 1.807) is 134 Å². The Bertz CT molecular complexity index is 4070. The number of benzene rings is 7. The van der Waals surface area contributed by atoms with Crippen LogP contribution in [0.25, 0.3) is 0 Å². The molecule has 0 aromatic heterocycles. The van der Waals surface area contributed by atoms with Gasteiger partial charge >= 0.3 is 42.3 Å². The number of anilines is 10. The lowest BCUT2D eigenvalue weighted by molar-refractivity contribution is 0.0565. The van der Waals surface area contributed by atoms with Crippen LogP contribution in [0, 0.1) is 27.7 Å². The Labute approximate surface area is 651 Å². The minimum atomic E-state index is -0.544. The number of carbonyl (C=O) groups is 7. The van der Waals surface area contributed by atoms with Crippen molar-refractivity contribution in [2.45, 2.75) is 173 Å². The average molecular weight is 1550 g/mol. The topological polar surface area (TPSA) is 382 Å². The number of aliphatic imine (C=N–C) groups is 1. The second-order valence-electron chi connectivity index (χ2n) is 25.8. The molecule has 0 radical (unpaired) electrons. The van der Waals surface area contributed by atoms with Gasteiger partial charge in [0.15, 0.2) is 0 Å². The summed E-state index contributed by atoms with van der Waals surface area (Å²) < 4.78 is 22.4. The van der Waals surface area contributed by atoms with Crippen LogP contribution < -0.4 is 75.3 Å². The first-order valence-corrected chi connectivity index (χ1v) is 39.2. The van der Waals surface area contributed by atoms with Crippen molar-refractivity contribution in [3.05, 3.63) is 168 Å². The van der Waals surface area contributed by atoms with Crippen LogP contribution in [0.15, 0.2) is 165 Å². The molecule has 30 heteroatoms. The van der Waals surface area contributed by atoms with E-state index >= 15 is 0 Å². The lowest BCUT2D eigenvalue weighted by Crippen LogP contribution is -2.41. The van der Waals surface area contributed by atoms with Crippen LogP contribution in [0.4, 0.5) is 96.1 Å². The van der Waals surface area contributed by atoms with Gasteiger partial charge < -0.3 is 83.6 Å². The predicted molar refractivity (Wildman–Crippen MR) is 443 cm³/mol. The van der Waals surface area contributed by atoms with Crippen LogP contribution in [0.2, 0.25) is 0 Å². The summed E-state index contributed by atoms with van der Waals surface area (Å²) in [7, 11) is 3.42. The molecule has 0 aliphatic carbocycles. The molecule has 0 fully saturated rings. The fourth-order valence-corrected chi connectivity index (χ4v) is 12.0. The van der Waals surface area contributed by atoms with Crippen LogP contribution in [0.3, 0.4) is 0 Å². The van der Waals surface area contributed by atoms with Gasteiger partial charge in [0.25, 0.3) is 0 Å². The maximum atomic E-state index is 12.7. The molecular formula is C79H105N15O12S3. The third-order valence-electron chi connectivity index (χ3n) is 15.8. The molecule has 16 N–H and O–H groups in total. The van der Waals surface area contributed by atoms with Crippen molar-refractivity contribution in [1.82, 2.24) is 21.3 Å². The van der Waals surface area contributed by atoms with Gasteiger partial charge in [0, 0.05) is 84.6 Å². The van der Waals surface area contributed by atoms with Crippen LogP contribution in [-0.2, 0) is 23.7 Å². The molecule has 0 saturated heterocycles. The van der Waals surface area contributed by atoms with E-state index in [0.717, 1.165) is 77.0 Å². The second-order valence-corrected chi connectivity index (χ2v) is 29.0. The van der Waals surface area contributed by atoms with E-state index in [0.29, 0.717) is 51.2 Å². The Morgan fingerprint density at radius 2 is 0.771 bits per heavy atom. The maximum absolute atomic E-state index is 12.7. The van der Waals surface area contributed by atoms with E-state index in [4.69, 9.17) is 30.4 Å². The number of hydrogen-bond acceptors (Lipinski definition) is 18. The van der Waals surface area contributed by atoms with Crippen molar-refractivity contribution in [3.63, 3.8) is 0 Å². The Kier molecular flexibility index (Phi) is 39.1. The van der Waals surface area contributed by atoms with Crippen molar-refractivity contribution in [2.24, 2.45) is 4.99 Å². The van der Waals surface area contributed by atoms with Gasteiger partial charge in [-0.3, -0.25) is 10.6 Å². The van der Waals surface area contributed by atoms with Crippen LogP contribution in [0.5, 0.6) is 0 Å². The molecule has 0 bridgehead atoms. The zero-order chi connectivity index (χ0) is 79.8. The minimum Gasteiger partial charge on any atom is -0.446 e. The van der Waals surface area contributed by atoms with Gasteiger partial charge in [-0.1, -0.05) is 85.4 Å². The van der Waals surface area contributed by atoms with Crippen molar-refractivity contribution >= 4 is 144 Å². The van der Waals surface area contributed by atoms with Crippen molar-refractivity contribution < 1.29 is 57.3 Å². The summed E-state index contributed by atoms with van der Waals surface area (Å²) >= 11 is 1.62. The summed E-state index contributed by atoms with van der Waals surface area (Å²) in [6.07, 6.45) is 6.96. The molecule has 7 rings (SSSR count). The molecule has 0 aliphatic rings. The quantitative estimate of drug-likeness (QED) is 0.00597. The smallest absolute Gasteiger partial charge is 0.411 e. The molecule has 7 aromatic carbocycles. The standard InChI is InChI=1S/C37H51N7O6S.C30H42N6O6.C12H12N2S2/c1-8-9-10-26(5)50-37(48)42-30-14-12-23(2)32(20-30)43-34(45)38-21-27(6)49-22-25(4)39-35(46)41-29-13-11-24(3)33(19-29)44-36(47)40-28-15-17-31(51-7)18-16-28;1-7-8-9-22(5)42-30(40)35-25-13-11-20(3)27(15-25)36-28(38)31-16-23(6)41-17-21(4)33-29(39)34-24-12-10-19(2)26(14-24)32-18-37;13-9-1-5-11(6-2-9)15-16-12-7-3-10(14)4-8-12/h11-20,25-27H,8-10,21-22H2,1-7H3,(H,42,48)(H2,38,43,45)(H2,39,41,46)(H2,40,44,47);10-15,21-23H,7-9,16-17H2,1-6H3,(H,35,40)(H2,31,36,38)(H2,33,34,39);1-8H,13-14H2. The highest BCUT2D eigenvalue weighted by Crippen LogP contribution is 2.38. The fraction of sp³-hybridized carbons (Fsp3) is 0.367. The number of rotatable bonds is 33. The number of amides is 12. The fourth-order valence-electron chi connectivity index (χ4n) is 9.63. The van der Waals surface area contributed by atoms with Gasteiger partial charge in [-0.05, 0) is 232 Å². The highest BCUT2D eigenvalue weighted by molar-refractivity contribution is 8.76. The number of thioether (sulfide) groups is 1. The van der Waals surface area contributed by atoms with E-state index in [2.05, 4.69) is 82.6 Å². The third-order valence-corrected chi connectivity index (χ3v) is 19.0. The number of urea groups is 5. The summed E-state index contributed by atoms with van der Waals surface area (Å²) in [5, 5.41) is 33.3. The lowest BCUT2D eigenvalue weighted by Gasteiger charge is -2.19. The Morgan fingerprint density at radius 1 is 0.422 bits per heavy atom. The van der Waals surface area contributed by atoms with Gasteiger partial charge in [0.05, 0.1) is 43.2 Å². The molecule has 6 atom stereocenters. The molecule has 0 aliphatic heterocycles. The average Bonchev–Trinajstić information content (AvgIpc) is 0.871. The van der Waals surface area contributed by atoms with E-state index < -0.39 is 42.3 Å². The number of carbonyl (C=O) groups excluding carboxylic acids is 8. The number of hydrogen-bond donors (Lipinski definition) is 14. The molecule has 6 unspecified atom stereocenters. The normalized spacial score (nSPS) is 12.2. The zero-order valence-corrected chi connectivity index (χ0v) is 66.6. The number of aryl methyl sites for hydroxylation is 4. The molecular weight excluding hydrogens is 1450 g/mol. The molecule has 12 amide bonds. The summed E-state index contributed by atoms with van der Waals surface area (Å²) in [6, 6.07) is 41.1. The first-order valence-electron chi connectivity index (χ1n) is 35.8. The predicted octanol–water partition coefficient (Wildman–Crippen LogP) is 18.3. The molecule has 0 heterocycles. The molecule has 0 saturated carbocycles. The SMILES string of the molecule is CCCCC(C)OC(=O)Nc1ccc(C)c(NC(=O)NCC(C)OCC(C)NC(=O)Nc2ccc(C)c(N=C=O)c2)c1.CCCCC(C)OC(=O)Nc1ccc(C)c(NC(=O)NCC(C)OCC(C)NC(=O)Nc2ccc(C)c(NC(=O)Nc3ccc(SC)cc3)c2)c1.Nc1ccc(SSc2ccc(N)cc2)cc1. The minimum absolute atomic E-state index is 0.184. The first-order chi connectivity index (χ1) is 52.1. The van der Waals surface area contributed by atoms with E-state index in [9.17, 15) is 38.4 Å². The first kappa shape index (κ1) is 89.0. The molecule has 7 aromatic rings. The number of ether oxygens (including phenoxy) is 4. The number of nitrogens with one attached hydrogen (secondary N) is 12. The third kappa shape index (κ3) is 35.8. The van der Waals surface area contributed by atoms with Crippen LogP contribution in [-0.4, -0.2) is 117 Å². The Balaban J connectivity index is 0.000000327. The Hall–Kier alpha value is -10.6. The summed E-state index contributed by atoms with van der Waals surface area (Å²) in [6.45, 7) is 23.3. The number of isocyanates is 1. The summed E-state index contributed by atoms with van der Waals surface area (Å²) in [4.78, 5) is 105. The van der Waals surface area contributed by atoms with Crippen molar-refractivity contribution in [3.8, 4) is 0 Å². The number of unbranched alkanes of at least 4 members (excludes halogenated alkanes) is 2. The monoisotopic (exact) mass is 1550 g/mol. The highest BCUT2D eigenvalue weighted by atomic mass is 33.1. The maximum Gasteiger partial charge on any atom is 0.411 e. The number of nitrogen functional groups attached to an aromatic ring is 2. The zero-order valence-electron chi connectivity index (χ0n) is 64.1. The van der Waals surface area contributed by atoms with Gasteiger partial charge in [-0.25, -0.2) is 38.4 Å².